The van der Waals surface area contributed by atoms with Crippen LogP contribution < -0.4 is 0 Å². The molecule has 0 aromatic heterocycles. The van der Waals surface area contributed by atoms with E-state index in [2.05, 4.69) is 11.8 Å². The third kappa shape index (κ3) is 4.70. The van der Waals surface area contributed by atoms with E-state index in [0.717, 1.165) is 39.0 Å². The lowest BCUT2D eigenvalue weighted by Crippen LogP contribution is -2.50. The summed E-state index contributed by atoms with van der Waals surface area (Å²) in [4.78, 5) is 17.0. The van der Waals surface area contributed by atoms with E-state index in [1.165, 1.54) is 6.42 Å². The fourth-order valence-electron chi connectivity index (χ4n) is 4.20. The van der Waals surface area contributed by atoms with E-state index >= 15 is 0 Å². The van der Waals surface area contributed by atoms with Crippen LogP contribution in [0.1, 0.15) is 39.0 Å². The molecule has 0 bridgehead atoms. The molecule has 6 nitrogen and oxygen atoms in total. The molecule has 3 aliphatic heterocycles. The van der Waals surface area contributed by atoms with Gasteiger partial charge in [0.1, 0.15) is 0 Å². The maximum absolute atomic E-state index is 12.9. The summed E-state index contributed by atoms with van der Waals surface area (Å²) in [6.45, 7) is 5.86. The lowest BCUT2D eigenvalue weighted by Gasteiger charge is -2.35. The van der Waals surface area contributed by atoms with Crippen LogP contribution in [0.25, 0.3) is 0 Å². The second-order valence-electron chi connectivity index (χ2n) is 7.72. The molecule has 138 valence electrons. The smallest absolute Gasteiger partial charge is 0.237 e. The van der Waals surface area contributed by atoms with E-state index in [4.69, 9.17) is 4.74 Å². The minimum absolute atomic E-state index is 0.0672. The van der Waals surface area contributed by atoms with E-state index in [9.17, 15) is 13.2 Å². The van der Waals surface area contributed by atoms with Crippen molar-refractivity contribution in [3.05, 3.63) is 0 Å². The highest BCUT2D eigenvalue weighted by Gasteiger charge is 2.36. The van der Waals surface area contributed by atoms with Gasteiger partial charge in [-0.1, -0.05) is 6.92 Å². The molecule has 3 heterocycles. The van der Waals surface area contributed by atoms with Crippen LogP contribution in [0.5, 0.6) is 0 Å². The highest BCUT2D eigenvalue weighted by Crippen LogP contribution is 2.22. The first-order valence-corrected chi connectivity index (χ1v) is 11.1. The summed E-state index contributed by atoms with van der Waals surface area (Å²) in [6, 6.07) is -0.172. The summed E-state index contributed by atoms with van der Waals surface area (Å²) < 4.78 is 29.4. The molecule has 0 aromatic rings. The molecule has 0 aromatic carbocycles. The van der Waals surface area contributed by atoms with Crippen LogP contribution in [0.2, 0.25) is 0 Å². The first-order chi connectivity index (χ1) is 11.4. The molecule has 1 amide bonds. The lowest BCUT2D eigenvalue weighted by atomic mass is 10.0. The van der Waals surface area contributed by atoms with Crippen molar-refractivity contribution in [3.63, 3.8) is 0 Å². The van der Waals surface area contributed by atoms with Gasteiger partial charge in [0.25, 0.3) is 0 Å². The summed E-state index contributed by atoms with van der Waals surface area (Å²) in [6.07, 6.45) is 4.99. The Hall–Kier alpha value is -0.660. The van der Waals surface area contributed by atoms with E-state index < -0.39 is 9.84 Å². The number of carbonyl (C=O) groups excluding carboxylic acids is 1. The molecule has 3 atom stereocenters. The van der Waals surface area contributed by atoms with Crippen LogP contribution in [0, 0.1) is 5.92 Å². The van der Waals surface area contributed by atoms with Gasteiger partial charge in [-0.15, -0.1) is 0 Å². The van der Waals surface area contributed by atoms with Crippen molar-refractivity contribution in [1.29, 1.82) is 0 Å². The van der Waals surface area contributed by atoms with E-state index in [1.807, 2.05) is 4.90 Å². The van der Waals surface area contributed by atoms with Gasteiger partial charge in [-0.2, -0.15) is 0 Å². The molecule has 0 saturated carbocycles. The van der Waals surface area contributed by atoms with E-state index in [0.29, 0.717) is 25.4 Å². The maximum atomic E-state index is 12.9. The lowest BCUT2D eigenvalue weighted by molar-refractivity contribution is -0.136. The number of piperidine rings is 1. The van der Waals surface area contributed by atoms with Gasteiger partial charge in [-0.25, -0.2) is 8.42 Å². The normalized spacial score (nSPS) is 33.6. The van der Waals surface area contributed by atoms with Crippen LogP contribution in [0.3, 0.4) is 0 Å². The summed E-state index contributed by atoms with van der Waals surface area (Å²) in [5, 5.41) is 0. The van der Waals surface area contributed by atoms with Gasteiger partial charge in [0, 0.05) is 25.7 Å². The second-order valence-corrected chi connectivity index (χ2v) is 9.95. The SMILES string of the molecule is C[C@@H]1CCCN(CC(=O)N(C[C@@H]2CCCO2)[C@@H]2CCS(=O)(=O)C2)C1. The van der Waals surface area contributed by atoms with E-state index in [-0.39, 0.29) is 29.6 Å². The Morgan fingerprint density at radius 1 is 1.25 bits per heavy atom. The molecular formula is C17H30N2O4S. The molecule has 0 spiro atoms. The number of hydrogen-bond donors (Lipinski definition) is 0. The van der Waals surface area contributed by atoms with Crippen LogP contribution in [-0.2, 0) is 19.4 Å². The van der Waals surface area contributed by atoms with Crippen LogP contribution >= 0.6 is 0 Å². The monoisotopic (exact) mass is 358 g/mol. The zero-order valence-corrected chi connectivity index (χ0v) is 15.5. The standard InChI is InChI=1S/C17H30N2O4S/c1-14-4-2-7-18(10-14)12-17(20)19(11-16-5-3-8-23-16)15-6-9-24(21,22)13-15/h14-16H,2-13H2,1H3/t14-,15-,16+/m1/s1. The second kappa shape index (κ2) is 7.70. The van der Waals surface area contributed by atoms with Crippen molar-refractivity contribution in [2.24, 2.45) is 5.92 Å². The Labute approximate surface area is 145 Å². The Balaban J connectivity index is 1.64. The number of sulfone groups is 1. The summed E-state index contributed by atoms with van der Waals surface area (Å²) in [5.74, 6) is 1.02. The molecule has 3 aliphatic rings. The van der Waals surface area contributed by atoms with Crippen molar-refractivity contribution in [2.45, 2.75) is 51.2 Å². The highest BCUT2D eigenvalue weighted by atomic mass is 32.2. The fraction of sp³-hybridized carbons (Fsp3) is 0.941. The number of amides is 1. The van der Waals surface area contributed by atoms with Crippen LogP contribution in [0.4, 0.5) is 0 Å². The quantitative estimate of drug-likeness (QED) is 0.731. The zero-order chi connectivity index (χ0) is 17.2. The first-order valence-electron chi connectivity index (χ1n) is 9.27. The predicted octanol–water partition coefficient (Wildman–Crippen LogP) is 0.913. The summed E-state index contributed by atoms with van der Waals surface area (Å²) >= 11 is 0. The summed E-state index contributed by atoms with van der Waals surface area (Å²) in [7, 11) is -3.00. The van der Waals surface area contributed by atoms with Gasteiger partial charge in [-0.05, 0) is 44.6 Å². The Bertz CT molecular complexity index is 545. The molecule has 3 saturated heterocycles. The maximum Gasteiger partial charge on any atom is 0.237 e. The Morgan fingerprint density at radius 2 is 2.08 bits per heavy atom. The third-order valence-electron chi connectivity index (χ3n) is 5.49. The Morgan fingerprint density at radius 3 is 2.71 bits per heavy atom. The van der Waals surface area contributed by atoms with Crippen LogP contribution in [0.15, 0.2) is 0 Å². The van der Waals surface area contributed by atoms with Gasteiger partial charge >= 0.3 is 0 Å². The molecule has 7 heteroatoms. The van der Waals surface area contributed by atoms with Crippen LogP contribution in [-0.4, -0.2) is 80.6 Å². The van der Waals surface area contributed by atoms with E-state index in [1.54, 1.807) is 0 Å². The molecule has 0 N–H and O–H groups in total. The topological polar surface area (TPSA) is 66.9 Å². The number of nitrogens with zero attached hydrogens (tertiary/aromatic N) is 2. The van der Waals surface area contributed by atoms with Crippen molar-refractivity contribution in [1.82, 2.24) is 9.80 Å². The van der Waals surface area contributed by atoms with Crippen molar-refractivity contribution >= 4 is 15.7 Å². The number of rotatable bonds is 5. The minimum atomic E-state index is -3.00. The molecule has 0 radical (unpaired) electrons. The zero-order valence-electron chi connectivity index (χ0n) is 14.7. The number of ether oxygens (including phenoxy) is 1. The van der Waals surface area contributed by atoms with Gasteiger partial charge in [0.15, 0.2) is 9.84 Å². The molecule has 24 heavy (non-hydrogen) atoms. The number of hydrogen-bond acceptors (Lipinski definition) is 5. The molecular weight excluding hydrogens is 328 g/mol. The average molecular weight is 359 g/mol. The third-order valence-corrected chi connectivity index (χ3v) is 7.24. The van der Waals surface area contributed by atoms with Gasteiger partial charge in [0.2, 0.25) is 5.91 Å². The van der Waals surface area contributed by atoms with Gasteiger partial charge in [0.05, 0.1) is 24.2 Å². The number of likely N-dealkylation sites (tertiary alicyclic amines) is 1. The predicted molar refractivity (Wildman–Crippen MR) is 92.6 cm³/mol. The molecule has 0 unspecified atom stereocenters. The fourth-order valence-corrected chi connectivity index (χ4v) is 5.93. The molecule has 0 aliphatic carbocycles. The average Bonchev–Trinajstić information content (AvgIpc) is 3.14. The Kier molecular flexibility index (Phi) is 5.82. The van der Waals surface area contributed by atoms with Gasteiger partial charge < -0.3 is 9.64 Å². The van der Waals surface area contributed by atoms with Crippen molar-refractivity contribution < 1.29 is 17.9 Å². The minimum Gasteiger partial charge on any atom is -0.376 e. The first kappa shape index (κ1) is 18.1. The van der Waals surface area contributed by atoms with Crippen molar-refractivity contribution in [2.75, 3.05) is 44.3 Å². The number of carbonyl (C=O) groups is 1. The molecule has 3 rings (SSSR count). The highest BCUT2D eigenvalue weighted by molar-refractivity contribution is 7.91. The summed E-state index contributed by atoms with van der Waals surface area (Å²) in [5.41, 5.74) is 0. The molecule has 3 fully saturated rings. The van der Waals surface area contributed by atoms with Crippen molar-refractivity contribution in [3.8, 4) is 0 Å². The van der Waals surface area contributed by atoms with Gasteiger partial charge in [-0.3, -0.25) is 9.69 Å². The largest absolute Gasteiger partial charge is 0.376 e.